The summed E-state index contributed by atoms with van der Waals surface area (Å²) in [5.41, 5.74) is 6.09. The molecule has 0 aliphatic carbocycles. The van der Waals surface area contributed by atoms with Crippen LogP contribution in [-0.2, 0) is 0 Å². The monoisotopic (exact) mass is 328 g/mol. The van der Waals surface area contributed by atoms with Gasteiger partial charge in [-0.25, -0.2) is 9.37 Å². The van der Waals surface area contributed by atoms with Gasteiger partial charge in [0.1, 0.15) is 16.5 Å². The Hall–Kier alpha value is -1.86. The molecule has 0 spiro atoms. The highest BCUT2D eigenvalue weighted by molar-refractivity contribution is 7.18. The van der Waals surface area contributed by atoms with Gasteiger partial charge in [0.25, 0.3) is 5.91 Å². The summed E-state index contributed by atoms with van der Waals surface area (Å²) in [7, 11) is 1.86. The first-order valence-corrected chi connectivity index (χ1v) is 7.35. The molecular weight excluding hydrogens is 315 g/mol. The van der Waals surface area contributed by atoms with Crippen LogP contribution in [0.1, 0.15) is 16.6 Å². The summed E-state index contributed by atoms with van der Waals surface area (Å²) in [6.07, 6.45) is 0. The molecule has 0 saturated heterocycles. The minimum Gasteiger partial charge on any atom is -0.382 e. The second-order valence-corrected chi connectivity index (χ2v) is 5.69. The molecule has 0 bridgehead atoms. The SMILES string of the molecule is CCN(C)c1nc(N)c(C(=O)Nc2ccc(F)cc2Cl)s1. The van der Waals surface area contributed by atoms with Crippen LogP contribution in [0.5, 0.6) is 0 Å². The van der Waals surface area contributed by atoms with Gasteiger partial charge < -0.3 is 16.0 Å². The molecule has 21 heavy (non-hydrogen) atoms. The first-order chi connectivity index (χ1) is 9.92. The molecule has 0 unspecified atom stereocenters. The molecule has 3 N–H and O–H groups in total. The van der Waals surface area contributed by atoms with Crippen LogP contribution >= 0.6 is 22.9 Å². The molecule has 2 aromatic rings. The average molecular weight is 329 g/mol. The quantitative estimate of drug-likeness (QED) is 0.904. The molecule has 0 atom stereocenters. The number of hydrogen-bond acceptors (Lipinski definition) is 5. The van der Waals surface area contributed by atoms with E-state index in [2.05, 4.69) is 10.3 Å². The number of thiazole rings is 1. The highest BCUT2D eigenvalue weighted by Crippen LogP contribution is 2.29. The van der Waals surface area contributed by atoms with Gasteiger partial charge in [-0.1, -0.05) is 22.9 Å². The maximum Gasteiger partial charge on any atom is 0.269 e. The third-order valence-electron chi connectivity index (χ3n) is 2.83. The lowest BCUT2D eigenvalue weighted by molar-refractivity contribution is 0.103. The van der Waals surface area contributed by atoms with Crippen LogP contribution in [0.15, 0.2) is 18.2 Å². The smallest absolute Gasteiger partial charge is 0.269 e. The lowest BCUT2D eigenvalue weighted by Gasteiger charge is -2.11. The first-order valence-electron chi connectivity index (χ1n) is 6.16. The summed E-state index contributed by atoms with van der Waals surface area (Å²) >= 11 is 7.06. The van der Waals surface area contributed by atoms with Gasteiger partial charge in [-0.2, -0.15) is 0 Å². The Kier molecular flexibility index (Phi) is 4.64. The summed E-state index contributed by atoms with van der Waals surface area (Å²) in [5, 5.41) is 3.38. The number of rotatable bonds is 4. The van der Waals surface area contributed by atoms with Crippen LogP contribution in [0.25, 0.3) is 0 Å². The predicted molar refractivity (Wildman–Crippen MR) is 84.8 cm³/mol. The maximum absolute atomic E-state index is 13.0. The minimum atomic E-state index is -0.470. The number of nitrogens with zero attached hydrogens (tertiary/aromatic N) is 2. The van der Waals surface area contributed by atoms with Crippen molar-refractivity contribution in [3.63, 3.8) is 0 Å². The van der Waals surface area contributed by atoms with Crippen LogP contribution in [0.3, 0.4) is 0 Å². The third-order valence-corrected chi connectivity index (χ3v) is 4.33. The first kappa shape index (κ1) is 15.5. The molecule has 1 aromatic heterocycles. The van der Waals surface area contributed by atoms with Crippen LogP contribution in [0.4, 0.5) is 21.0 Å². The maximum atomic E-state index is 13.0. The Labute approximate surface area is 130 Å². The van der Waals surface area contributed by atoms with Crippen LogP contribution in [-0.4, -0.2) is 24.5 Å². The van der Waals surface area contributed by atoms with Crippen molar-refractivity contribution in [2.75, 3.05) is 29.5 Å². The number of carbonyl (C=O) groups is 1. The normalized spacial score (nSPS) is 10.5. The zero-order valence-corrected chi connectivity index (χ0v) is 13.1. The van der Waals surface area contributed by atoms with Crippen molar-refractivity contribution in [3.8, 4) is 0 Å². The number of halogens is 2. The van der Waals surface area contributed by atoms with Crippen molar-refractivity contribution in [1.29, 1.82) is 0 Å². The number of amides is 1. The predicted octanol–water partition coefficient (Wildman–Crippen LogP) is 3.23. The van der Waals surface area contributed by atoms with Crippen molar-refractivity contribution >= 4 is 45.5 Å². The fourth-order valence-electron chi connectivity index (χ4n) is 1.55. The largest absolute Gasteiger partial charge is 0.382 e. The average Bonchev–Trinajstić information content (AvgIpc) is 2.83. The number of hydrogen-bond donors (Lipinski definition) is 2. The number of carbonyl (C=O) groups excluding carboxylic acids is 1. The number of nitrogens with two attached hydrogens (primary N) is 1. The summed E-state index contributed by atoms with van der Waals surface area (Å²) in [4.78, 5) is 18.5. The molecular formula is C13H14ClFN4OS. The van der Waals surface area contributed by atoms with Gasteiger partial charge in [-0.3, -0.25) is 4.79 Å². The lowest BCUT2D eigenvalue weighted by atomic mass is 10.3. The topological polar surface area (TPSA) is 71.2 Å². The molecule has 0 radical (unpaired) electrons. The van der Waals surface area contributed by atoms with E-state index in [0.29, 0.717) is 15.7 Å². The molecule has 1 amide bonds. The van der Waals surface area contributed by atoms with Crippen molar-refractivity contribution < 1.29 is 9.18 Å². The van der Waals surface area contributed by atoms with Gasteiger partial charge in [-0.05, 0) is 25.1 Å². The van der Waals surface area contributed by atoms with E-state index < -0.39 is 11.7 Å². The van der Waals surface area contributed by atoms with E-state index >= 15 is 0 Å². The van der Waals surface area contributed by atoms with Gasteiger partial charge in [0.2, 0.25) is 0 Å². The second kappa shape index (κ2) is 6.28. The summed E-state index contributed by atoms with van der Waals surface area (Å²) < 4.78 is 13.0. The Morgan fingerprint density at radius 1 is 1.57 bits per heavy atom. The standard InChI is InChI=1S/C13H14ClFN4OS/c1-3-19(2)13-18-11(16)10(21-13)12(20)17-9-5-4-7(15)6-8(9)14/h4-6H,3,16H2,1-2H3,(H,17,20). The number of nitrogens with one attached hydrogen (secondary N) is 1. The molecule has 0 saturated carbocycles. The fourth-order valence-corrected chi connectivity index (χ4v) is 2.67. The number of aromatic nitrogens is 1. The third kappa shape index (κ3) is 3.43. The zero-order chi connectivity index (χ0) is 15.6. The molecule has 0 aliphatic rings. The Bertz CT molecular complexity index is 676. The summed E-state index contributed by atoms with van der Waals surface area (Å²) in [6.45, 7) is 2.72. The van der Waals surface area contributed by atoms with Gasteiger partial charge in [0, 0.05) is 13.6 Å². The van der Waals surface area contributed by atoms with Crippen molar-refractivity contribution in [2.24, 2.45) is 0 Å². The highest BCUT2D eigenvalue weighted by atomic mass is 35.5. The van der Waals surface area contributed by atoms with Crippen molar-refractivity contribution in [3.05, 3.63) is 33.9 Å². The van der Waals surface area contributed by atoms with Gasteiger partial charge in [0.05, 0.1) is 10.7 Å². The van der Waals surface area contributed by atoms with Gasteiger partial charge in [-0.15, -0.1) is 0 Å². The summed E-state index contributed by atoms with van der Waals surface area (Å²) in [5.74, 6) is -0.734. The molecule has 8 heteroatoms. The second-order valence-electron chi connectivity index (χ2n) is 4.30. The number of anilines is 3. The lowest BCUT2D eigenvalue weighted by Crippen LogP contribution is -2.15. The molecule has 112 valence electrons. The van der Waals surface area contributed by atoms with Crippen LogP contribution in [0.2, 0.25) is 5.02 Å². The van der Waals surface area contributed by atoms with E-state index in [-0.39, 0.29) is 10.8 Å². The van der Waals surface area contributed by atoms with Gasteiger partial charge in [0.15, 0.2) is 5.13 Å². The van der Waals surface area contributed by atoms with Crippen LogP contribution < -0.4 is 16.0 Å². The Balaban J connectivity index is 2.22. The van der Waals surface area contributed by atoms with E-state index in [1.165, 1.54) is 23.5 Å². The fraction of sp³-hybridized carbons (Fsp3) is 0.231. The minimum absolute atomic E-state index is 0.123. The molecule has 2 rings (SSSR count). The molecule has 1 aromatic carbocycles. The summed E-state index contributed by atoms with van der Waals surface area (Å²) in [6, 6.07) is 3.74. The molecule has 1 heterocycles. The molecule has 0 aliphatic heterocycles. The Morgan fingerprint density at radius 2 is 2.29 bits per heavy atom. The van der Waals surface area contributed by atoms with Crippen LogP contribution in [0, 0.1) is 5.82 Å². The van der Waals surface area contributed by atoms with Gasteiger partial charge >= 0.3 is 0 Å². The molecule has 0 fully saturated rings. The zero-order valence-electron chi connectivity index (χ0n) is 11.5. The van der Waals surface area contributed by atoms with E-state index in [1.54, 1.807) is 0 Å². The molecule has 5 nitrogen and oxygen atoms in total. The number of nitrogen functional groups attached to an aromatic ring is 1. The van der Waals surface area contributed by atoms with Crippen molar-refractivity contribution in [1.82, 2.24) is 4.98 Å². The highest BCUT2D eigenvalue weighted by Gasteiger charge is 2.18. The van der Waals surface area contributed by atoms with E-state index in [9.17, 15) is 9.18 Å². The van der Waals surface area contributed by atoms with E-state index in [4.69, 9.17) is 17.3 Å². The van der Waals surface area contributed by atoms with E-state index in [1.807, 2.05) is 18.9 Å². The van der Waals surface area contributed by atoms with Crippen molar-refractivity contribution in [2.45, 2.75) is 6.92 Å². The Morgan fingerprint density at radius 3 is 2.90 bits per heavy atom. The number of benzene rings is 1. The van der Waals surface area contributed by atoms with E-state index in [0.717, 1.165) is 12.6 Å².